The maximum atomic E-state index is 12.9. The predicted molar refractivity (Wildman–Crippen MR) is 102 cm³/mol. The first-order valence-electron chi connectivity index (χ1n) is 9.11. The second kappa shape index (κ2) is 7.88. The van der Waals surface area contributed by atoms with Crippen molar-refractivity contribution < 1.29 is 14.7 Å². The van der Waals surface area contributed by atoms with Gasteiger partial charge in [-0.3, -0.25) is 19.5 Å². The number of carboxylic acid groups (broad SMARTS) is 1. The van der Waals surface area contributed by atoms with Gasteiger partial charge in [0.15, 0.2) is 0 Å². The van der Waals surface area contributed by atoms with E-state index < -0.39 is 17.4 Å². The smallest absolute Gasteiger partial charge is 0.323 e. The van der Waals surface area contributed by atoms with Crippen LogP contribution < -0.4 is 5.32 Å². The lowest BCUT2D eigenvalue weighted by Crippen LogP contribution is -2.46. The third kappa shape index (κ3) is 3.85. The van der Waals surface area contributed by atoms with Crippen molar-refractivity contribution in [3.8, 4) is 0 Å². The average Bonchev–Trinajstić information content (AvgIpc) is 2.96. The van der Waals surface area contributed by atoms with Crippen LogP contribution in [0, 0.1) is 5.92 Å². The van der Waals surface area contributed by atoms with Crippen LogP contribution in [-0.4, -0.2) is 46.0 Å². The number of amides is 1. The fraction of sp³-hybridized carbons (Fsp3) is 0.381. The van der Waals surface area contributed by atoms with Crippen LogP contribution in [0.5, 0.6) is 0 Å². The quantitative estimate of drug-likeness (QED) is 0.818. The Labute approximate surface area is 159 Å². The molecule has 0 radical (unpaired) electrons. The van der Waals surface area contributed by atoms with E-state index in [0.717, 1.165) is 11.1 Å². The van der Waals surface area contributed by atoms with E-state index in [1.165, 1.54) is 0 Å². The maximum absolute atomic E-state index is 12.9. The third-order valence-corrected chi connectivity index (χ3v) is 5.57. The summed E-state index contributed by atoms with van der Waals surface area (Å²) in [5.74, 6) is -1.44. The molecule has 1 aromatic carbocycles. The van der Waals surface area contributed by atoms with Gasteiger partial charge in [0.2, 0.25) is 5.91 Å². The number of nitrogens with one attached hydrogen (secondary N) is 1. The average molecular weight is 367 g/mol. The molecule has 1 amide bonds. The van der Waals surface area contributed by atoms with Crippen LogP contribution in [0.3, 0.4) is 0 Å². The van der Waals surface area contributed by atoms with Gasteiger partial charge < -0.3 is 10.4 Å². The summed E-state index contributed by atoms with van der Waals surface area (Å²) >= 11 is 0. The predicted octanol–water partition coefficient (Wildman–Crippen LogP) is 2.28. The molecule has 0 bridgehead atoms. The standard InChI is InChI=1S/C21H25N3O3/c1-21(20(26)27)13-17(18(24(21)2)16-8-4-3-5-9-16)19(25)23-12-10-15-7-6-11-22-14-15/h3-9,11,14,17-18H,10,12-13H2,1-2H3,(H,23,25)(H,26,27)/t17-,18-,21-/m1/s1. The lowest BCUT2D eigenvalue weighted by Gasteiger charge is -2.32. The van der Waals surface area contributed by atoms with E-state index in [0.29, 0.717) is 13.0 Å². The summed E-state index contributed by atoms with van der Waals surface area (Å²) < 4.78 is 0. The van der Waals surface area contributed by atoms with Crippen molar-refractivity contribution in [1.29, 1.82) is 0 Å². The van der Waals surface area contributed by atoms with Crippen LogP contribution in [-0.2, 0) is 16.0 Å². The molecule has 1 aliphatic rings. The number of carboxylic acids is 1. The zero-order valence-electron chi connectivity index (χ0n) is 15.6. The number of aromatic nitrogens is 1. The topological polar surface area (TPSA) is 82.5 Å². The number of aliphatic carboxylic acids is 1. The van der Waals surface area contributed by atoms with Gasteiger partial charge in [-0.2, -0.15) is 0 Å². The number of rotatable bonds is 6. The number of nitrogens with zero attached hydrogens (tertiary/aromatic N) is 2. The molecular weight excluding hydrogens is 342 g/mol. The van der Waals surface area contributed by atoms with Crippen LogP contribution in [0.15, 0.2) is 54.9 Å². The number of hydrogen-bond donors (Lipinski definition) is 2. The largest absolute Gasteiger partial charge is 0.480 e. The van der Waals surface area contributed by atoms with Gasteiger partial charge in [-0.1, -0.05) is 36.4 Å². The molecule has 6 nitrogen and oxygen atoms in total. The Morgan fingerprint density at radius 3 is 2.63 bits per heavy atom. The van der Waals surface area contributed by atoms with Crippen molar-refractivity contribution in [3.05, 3.63) is 66.0 Å². The molecule has 2 heterocycles. The van der Waals surface area contributed by atoms with Crippen LogP contribution >= 0.6 is 0 Å². The summed E-state index contributed by atoms with van der Waals surface area (Å²) in [7, 11) is 1.79. The zero-order chi connectivity index (χ0) is 19.4. The molecule has 0 unspecified atom stereocenters. The molecule has 3 atom stereocenters. The summed E-state index contributed by atoms with van der Waals surface area (Å²) in [5.41, 5.74) is 0.931. The molecule has 6 heteroatoms. The van der Waals surface area contributed by atoms with Crippen molar-refractivity contribution in [2.24, 2.45) is 5.92 Å². The number of benzene rings is 1. The van der Waals surface area contributed by atoms with Crippen LogP contribution in [0.25, 0.3) is 0 Å². The number of carbonyl (C=O) groups excluding carboxylic acids is 1. The zero-order valence-corrected chi connectivity index (χ0v) is 15.6. The molecular formula is C21H25N3O3. The van der Waals surface area contributed by atoms with E-state index in [1.54, 1.807) is 26.4 Å². The summed E-state index contributed by atoms with van der Waals surface area (Å²) in [5, 5.41) is 12.7. The Morgan fingerprint density at radius 1 is 1.26 bits per heavy atom. The lowest BCUT2D eigenvalue weighted by molar-refractivity contribution is -0.148. The lowest BCUT2D eigenvalue weighted by atomic mass is 9.89. The second-order valence-corrected chi connectivity index (χ2v) is 7.26. The highest BCUT2D eigenvalue weighted by molar-refractivity contribution is 5.85. The molecule has 27 heavy (non-hydrogen) atoms. The Kier molecular flexibility index (Phi) is 5.56. The van der Waals surface area contributed by atoms with E-state index in [4.69, 9.17) is 0 Å². The molecule has 1 fully saturated rings. The number of likely N-dealkylation sites (tertiary alicyclic amines) is 1. The third-order valence-electron chi connectivity index (χ3n) is 5.57. The van der Waals surface area contributed by atoms with Gasteiger partial charge in [-0.15, -0.1) is 0 Å². The molecule has 3 rings (SSSR count). The highest BCUT2D eigenvalue weighted by Crippen LogP contribution is 2.45. The Balaban J connectivity index is 1.76. The number of likely N-dealkylation sites (N-methyl/N-ethyl adjacent to an activating group) is 1. The minimum absolute atomic E-state index is 0.107. The molecule has 0 aliphatic carbocycles. The summed E-state index contributed by atoms with van der Waals surface area (Å²) in [6.45, 7) is 2.18. The fourth-order valence-electron chi connectivity index (χ4n) is 3.85. The van der Waals surface area contributed by atoms with Gasteiger partial charge in [0.05, 0.1) is 5.92 Å². The molecule has 1 aliphatic heterocycles. The van der Waals surface area contributed by atoms with Crippen molar-refractivity contribution in [3.63, 3.8) is 0 Å². The van der Waals surface area contributed by atoms with Crippen molar-refractivity contribution in [1.82, 2.24) is 15.2 Å². The highest BCUT2D eigenvalue weighted by atomic mass is 16.4. The van der Waals surface area contributed by atoms with E-state index >= 15 is 0 Å². The first-order chi connectivity index (χ1) is 12.9. The van der Waals surface area contributed by atoms with Gasteiger partial charge in [0.1, 0.15) is 5.54 Å². The van der Waals surface area contributed by atoms with Gasteiger partial charge >= 0.3 is 5.97 Å². The van der Waals surface area contributed by atoms with E-state index in [1.807, 2.05) is 47.4 Å². The molecule has 2 aromatic rings. The highest BCUT2D eigenvalue weighted by Gasteiger charge is 2.54. The van der Waals surface area contributed by atoms with Gasteiger partial charge in [-0.25, -0.2) is 0 Å². The molecule has 1 saturated heterocycles. The minimum atomic E-state index is -1.08. The number of pyridine rings is 1. The van der Waals surface area contributed by atoms with Crippen LogP contribution in [0.2, 0.25) is 0 Å². The minimum Gasteiger partial charge on any atom is -0.480 e. The Bertz CT molecular complexity index is 797. The van der Waals surface area contributed by atoms with Crippen molar-refractivity contribution in [2.45, 2.75) is 31.3 Å². The number of hydrogen-bond acceptors (Lipinski definition) is 4. The van der Waals surface area contributed by atoms with Crippen LogP contribution in [0.1, 0.15) is 30.5 Å². The molecule has 0 saturated carbocycles. The molecule has 0 spiro atoms. The van der Waals surface area contributed by atoms with Crippen molar-refractivity contribution >= 4 is 11.9 Å². The normalized spacial score (nSPS) is 25.3. The van der Waals surface area contributed by atoms with E-state index in [-0.39, 0.29) is 18.4 Å². The Hall–Kier alpha value is -2.73. The van der Waals surface area contributed by atoms with Crippen molar-refractivity contribution in [2.75, 3.05) is 13.6 Å². The van der Waals surface area contributed by atoms with E-state index in [9.17, 15) is 14.7 Å². The fourth-order valence-corrected chi connectivity index (χ4v) is 3.85. The summed E-state index contributed by atoms with van der Waals surface area (Å²) in [6, 6.07) is 13.2. The SMILES string of the molecule is CN1[C@H](c2ccccc2)[C@H](C(=O)NCCc2cccnc2)C[C@]1(C)C(=O)O. The van der Waals surface area contributed by atoms with Gasteiger partial charge in [-0.05, 0) is 44.0 Å². The molecule has 142 valence electrons. The molecule has 1 aromatic heterocycles. The summed E-state index contributed by atoms with van der Waals surface area (Å²) in [6.07, 6.45) is 4.46. The van der Waals surface area contributed by atoms with Crippen LogP contribution in [0.4, 0.5) is 0 Å². The maximum Gasteiger partial charge on any atom is 0.323 e. The Morgan fingerprint density at radius 2 is 2.00 bits per heavy atom. The monoisotopic (exact) mass is 367 g/mol. The van der Waals surface area contributed by atoms with E-state index in [2.05, 4.69) is 10.3 Å². The summed E-state index contributed by atoms with van der Waals surface area (Å²) in [4.78, 5) is 30.7. The van der Waals surface area contributed by atoms with Gasteiger partial charge in [0, 0.05) is 25.0 Å². The number of carbonyl (C=O) groups is 2. The first kappa shape index (κ1) is 19.0. The molecule has 2 N–H and O–H groups in total. The first-order valence-corrected chi connectivity index (χ1v) is 9.11. The van der Waals surface area contributed by atoms with Gasteiger partial charge in [0.25, 0.3) is 0 Å². The second-order valence-electron chi connectivity index (χ2n) is 7.26.